The van der Waals surface area contributed by atoms with Crippen LogP contribution in [0.2, 0.25) is 0 Å². The van der Waals surface area contributed by atoms with Crippen molar-refractivity contribution in [2.75, 3.05) is 23.0 Å². The number of carbonyl (C=O) groups excluding carboxylic acids is 3. The van der Waals surface area contributed by atoms with E-state index in [0.29, 0.717) is 30.2 Å². The zero-order chi connectivity index (χ0) is 25.8. The number of amides is 4. The number of imide groups is 2. The predicted molar refractivity (Wildman–Crippen MR) is 129 cm³/mol. The summed E-state index contributed by atoms with van der Waals surface area (Å²) in [6, 6.07) is 9.32. The van der Waals surface area contributed by atoms with Crippen molar-refractivity contribution in [1.82, 2.24) is 5.32 Å². The van der Waals surface area contributed by atoms with Crippen LogP contribution in [0, 0.1) is 15.5 Å². The standard InChI is InChI=1S/C25H26N4O7/c1-4-35-19-8-5-17(6-9-19)28-23(31)25(22(30)26-24(28)32)12-16-11-18(29(33)34)7-10-20(16)27-13-14(2)36-15(3)21(25)27/h5-11,14-15,21H,4,12-13H2,1-3H3,(H,26,30,32)/t14-,15+,21-,25+/m1/s1. The van der Waals surface area contributed by atoms with E-state index in [1.165, 1.54) is 12.1 Å². The molecule has 3 aliphatic rings. The van der Waals surface area contributed by atoms with Gasteiger partial charge in [-0.1, -0.05) is 0 Å². The van der Waals surface area contributed by atoms with Crippen molar-refractivity contribution in [3.63, 3.8) is 0 Å². The van der Waals surface area contributed by atoms with Crippen LogP contribution in [0.3, 0.4) is 0 Å². The number of nitro benzene ring substituents is 1. The molecule has 5 rings (SSSR count). The van der Waals surface area contributed by atoms with Gasteiger partial charge in [0, 0.05) is 30.8 Å². The van der Waals surface area contributed by atoms with Crippen LogP contribution >= 0.6 is 0 Å². The van der Waals surface area contributed by atoms with E-state index in [2.05, 4.69) is 5.32 Å². The van der Waals surface area contributed by atoms with E-state index in [-0.39, 0.29) is 23.9 Å². The summed E-state index contributed by atoms with van der Waals surface area (Å²) in [5, 5.41) is 13.9. The molecule has 188 valence electrons. The quantitative estimate of drug-likeness (QED) is 0.390. The van der Waals surface area contributed by atoms with Crippen LogP contribution in [0.15, 0.2) is 42.5 Å². The number of non-ortho nitro benzene ring substituents is 1. The largest absolute Gasteiger partial charge is 0.494 e. The Hall–Kier alpha value is -3.99. The first kappa shape index (κ1) is 23.7. The van der Waals surface area contributed by atoms with Crippen LogP contribution in [0.5, 0.6) is 5.75 Å². The Kier molecular flexibility index (Phi) is 5.67. The number of carbonyl (C=O) groups is 3. The van der Waals surface area contributed by atoms with E-state index in [1.54, 1.807) is 37.3 Å². The molecule has 11 heteroatoms. The Bertz CT molecular complexity index is 1260. The van der Waals surface area contributed by atoms with E-state index in [1.807, 2.05) is 18.7 Å². The summed E-state index contributed by atoms with van der Waals surface area (Å²) in [4.78, 5) is 54.6. The lowest BCUT2D eigenvalue weighted by molar-refractivity contribution is -0.384. The molecule has 3 heterocycles. The molecule has 0 bridgehead atoms. The second-order valence-corrected chi connectivity index (χ2v) is 9.29. The Morgan fingerprint density at radius 3 is 2.56 bits per heavy atom. The smallest absolute Gasteiger partial charge is 0.335 e. The zero-order valence-corrected chi connectivity index (χ0v) is 20.1. The topological polar surface area (TPSA) is 131 Å². The first-order valence-electron chi connectivity index (χ1n) is 11.8. The molecule has 0 unspecified atom stereocenters. The number of ether oxygens (including phenoxy) is 2. The van der Waals surface area contributed by atoms with E-state index >= 15 is 0 Å². The second kappa shape index (κ2) is 8.59. The third-order valence-corrected chi connectivity index (χ3v) is 7.06. The number of hydrogen-bond acceptors (Lipinski definition) is 8. The van der Waals surface area contributed by atoms with Crippen molar-refractivity contribution in [1.29, 1.82) is 0 Å². The highest BCUT2D eigenvalue weighted by atomic mass is 16.6. The zero-order valence-electron chi connectivity index (χ0n) is 20.1. The van der Waals surface area contributed by atoms with Gasteiger partial charge >= 0.3 is 6.03 Å². The number of fused-ring (bicyclic) bond motifs is 4. The van der Waals surface area contributed by atoms with Gasteiger partial charge in [-0.2, -0.15) is 0 Å². The molecule has 1 N–H and O–H groups in total. The molecule has 2 aromatic carbocycles. The van der Waals surface area contributed by atoms with Crippen molar-refractivity contribution in [2.24, 2.45) is 5.41 Å². The Labute approximate surface area is 207 Å². The van der Waals surface area contributed by atoms with Crippen LogP contribution in [-0.4, -0.2) is 54.2 Å². The first-order valence-corrected chi connectivity index (χ1v) is 11.8. The number of nitrogens with one attached hydrogen (secondary N) is 1. The van der Waals surface area contributed by atoms with Gasteiger partial charge in [-0.25, -0.2) is 9.69 Å². The van der Waals surface area contributed by atoms with E-state index in [4.69, 9.17) is 9.47 Å². The van der Waals surface area contributed by atoms with Crippen LogP contribution in [-0.2, 0) is 20.7 Å². The summed E-state index contributed by atoms with van der Waals surface area (Å²) in [6.07, 6.45) is -0.860. The lowest BCUT2D eigenvalue weighted by Crippen LogP contribution is -2.76. The van der Waals surface area contributed by atoms with Crippen LogP contribution < -0.4 is 19.9 Å². The maximum absolute atomic E-state index is 14.2. The average Bonchev–Trinajstić information content (AvgIpc) is 2.83. The fourth-order valence-electron chi connectivity index (χ4n) is 5.72. The van der Waals surface area contributed by atoms with Gasteiger partial charge in [-0.15, -0.1) is 0 Å². The summed E-state index contributed by atoms with van der Waals surface area (Å²) < 4.78 is 11.5. The highest BCUT2D eigenvalue weighted by molar-refractivity contribution is 6.30. The van der Waals surface area contributed by atoms with Gasteiger partial charge in [-0.05, 0) is 56.7 Å². The summed E-state index contributed by atoms with van der Waals surface area (Å²) in [6.45, 7) is 6.36. The monoisotopic (exact) mass is 494 g/mol. The summed E-state index contributed by atoms with van der Waals surface area (Å²) in [7, 11) is 0. The molecule has 0 aliphatic carbocycles. The van der Waals surface area contributed by atoms with E-state index < -0.39 is 40.3 Å². The van der Waals surface area contributed by atoms with Crippen LogP contribution in [0.4, 0.5) is 21.9 Å². The molecule has 0 radical (unpaired) electrons. The molecule has 3 aliphatic heterocycles. The number of barbiturate groups is 1. The second-order valence-electron chi connectivity index (χ2n) is 9.29. The summed E-state index contributed by atoms with van der Waals surface area (Å²) in [5.41, 5.74) is -0.398. The molecule has 2 saturated heterocycles. The molecule has 11 nitrogen and oxygen atoms in total. The van der Waals surface area contributed by atoms with Crippen molar-refractivity contribution >= 4 is 34.9 Å². The minimum atomic E-state index is -1.74. The molecule has 0 aromatic heterocycles. The van der Waals surface area contributed by atoms with Crippen LogP contribution in [0.25, 0.3) is 0 Å². The number of urea groups is 1. The molecule has 1 spiro atoms. The van der Waals surface area contributed by atoms with Gasteiger partial charge in [0.2, 0.25) is 5.91 Å². The van der Waals surface area contributed by atoms with Crippen molar-refractivity contribution in [3.8, 4) is 5.75 Å². The number of rotatable bonds is 4. The molecule has 36 heavy (non-hydrogen) atoms. The third kappa shape index (κ3) is 3.49. The summed E-state index contributed by atoms with van der Waals surface area (Å²) in [5.74, 6) is -0.861. The van der Waals surface area contributed by atoms with E-state index in [9.17, 15) is 24.5 Å². The fourth-order valence-corrected chi connectivity index (χ4v) is 5.72. The molecular weight excluding hydrogens is 468 g/mol. The SMILES string of the molecule is CCOc1ccc(N2C(=O)NC(=O)[C@@]3(Cc4cc([N+](=O)[O-])ccc4N4C[C@@H](C)O[C@@H](C)[C@@H]43)C2=O)cc1. The van der Waals surface area contributed by atoms with Gasteiger partial charge in [0.1, 0.15) is 5.75 Å². The Morgan fingerprint density at radius 1 is 1.17 bits per heavy atom. The molecule has 4 atom stereocenters. The van der Waals surface area contributed by atoms with Gasteiger partial charge in [0.25, 0.3) is 11.6 Å². The number of morpholine rings is 1. The molecular formula is C25H26N4O7. The average molecular weight is 495 g/mol. The first-order chi connectivity index (χ1) is 17.2. The lowest BCUT2D eigenvalue weighted by Gasteiger charge is -2.56. The molecule has 0 saturated carbocycles. The number of hydrogen-bond donors (Lipinski definition) is 1. The van der Waals surface area contributed by atoms with Gasteiger partial charge in [0.15, 0.2) is 5.41 Å². The maximum atomic E-state index is 14.2. The van der Waals surface area contributed by atoms with Gasteiger partial charge < -0.3 is 14.4 Å². The number of anilines is 2. The lowest BCUT2D eigenvalue weighted by atomic mass is 9.66. The minimum absolute atomic E-state index is 0.112. The van der Waals surface area contributed by atoms with Crippen molar-refractivity contribution in [2.45, 2.75) is 45.4 Å². The minimum Gasteiger partial charge on any atom is -0.494 e. The molecule has 2 fully saturated rings. The number of nitro groups is 1. The normalized spacial score (nSPS) is 27.4. The fraction of sp³-hybridized carbons (Fsp3) is 0.400. The summed E-state index contributed by atoms with van der Waals surface area (Å²) >= 11 is 0. The number of benzene rings is 2. The number of nitrogens with zero attached hydrogens (tertiary/aromatic N) is 3. The molecule has 2 aromatic rings. The van der Waals surface area contributed by atoms with Gasteiger partial charge in [0.05, 0.1) is 35.5 Å². The van der Waals surface area contributed by atoms with Gasteiger partial charge in [-0.3, -0.25) is 25.0 Å². The van der Waals surface area contributed by atoms with Crippen molar-refractivity contribution < 1.29 is 28.8 Å². The molecule has 4 amide bonds. The highest BCUT2D eigenvalue weighted by Crippen LogP contribution is 2.49. The maximum Gasteiger partial charge on any atom is 0.335 e. The highest BCUT2D eigenvalue weighted by Gasteiger charge is 2.65. The van der Waals surface area contributed by atoms with Crippen LogP contribution in [0.1, 0.15) is 26.3 Å². The Balaban J connectivity index is 1.65. The third-order valence-electron chi connectivity index (χ3n) is 7.06. The van der Waals surface area contributed by atoms with Crippen molar-refractivity contribution in [3.05, 3.63) is 58.1 Å². The predicted octanol–water partition coefficient (Wildman–Crippen LogP) is 2.80. The Morgan fingerprint density at radius 2 is 1.89 bits per heavy atom. The van der Waals surface area contributed by atoms with E-state index in [0.717, 1.165) is 4.90 Å².